The molecule has 0 saturated heterocycles. The van der Waals surface area contributed by atoms with Gasteiger partial charge in [-0.15, -0.1) is 0 Å². The molecule has 0 amide bonds. The van der Waals surface area contributed by atoms with E-state index in [0.29, 0.717) is 5.75 Å². The number of benzene rings is 1. The minimum atomic E-state index is -3.75. The number of para-hydroxylation sites is 1. The van der Waals surface area contributed by atoms with Crippen LogP contribution in [-0.4, -0.2) is 13.9 Å². The largest absolute Gasteiger partial charge is 0.472 e. The zero-order valence-electron chi connectivity index (χ0n) is 9.81. The van der Waals surface area contributed by atoms with Crippen molar-refractivity contribution < 1.29 is 13.2 Å². The maximum atomic E-state index is 11.6. The van der Waals surface area contributed by atoms with Crippen molar-refractivity contribution in [3.05, 3.63) is 29.8 Å². The van der Waals surface area contributed by atoms with Gasteiger partial charge in [0.05, 0.1) is 0 Å². The van der Waals surface area contributed by atoms with Crippen molar-refractivity contribution in [1.82, 2.24) is 0 Å². The molecule has 0 saturated carbocycles. The summed E-state index contributed by atoms with van der Waals surface area (Å²) in [6.45, 7) is 3.91. The number of halogens is 1. The van der Waals surface area contributed by atoms with Crippen LogP contribution in [0, 0.1) is 0 Å². The van der Waals surface area contributed by atoms with Gasteiger partial charge in [0.25, 0.3) is 9.05 Å². The Bertz CT molecular complexity index is 526. The van der Waals surface area contributed by atoms with Crippen molar-refractivity contribution in [2.75, 3.05) is 0 Å². The van der Waals surface area contributed by atoms with Gasteiger partial charge in [-0.1, -0.05) is 38.5 Å². The smallest absolute Gasteiger partial charge is 0.271 e. The first-order valence-corrected chi connectivity index (χ1v) is 7.96. The van der Waals surface area contributed by atoms with Crippen LogP contribution in [0.1, 0.15) is 32.3 Å². The summed E-state index contributed by atoms with van der Waals surface area (Å²) in [4.78, 5) is 0. The summed E-state index contributed by atoms with van der Waals surface area (Å²) in [7, 11) is 1.75. The molecular weight excluding hydrogens is 260 g/mol. The highest BCUT2D eigenvalue weighted by molar-refractivity contribution is 8.14. The molecule has 0 aromatic heterocycles. The maximum Gasteiger partial charge on any atom is 0.271 e. The van der Waals surface area contributed by atoms with Gasteiger partial charge in [0.2, 0.25) is 5.44 Å². The first-order valence-electron chi connectivity index (χ1n) is 5.59. The first kappa shape index (κ1) is 12.7. The molecule has 2 unspecified atom stereocenters. The van der Waals surface area contributed by atoms with Crippen LogP contribution in [0.4, 0.5) is 0 Å². The van der Waals surface area contributed by atoms with E-state index >= 15 is 0 Å². The van der Waals surface area contributed by atoms with Crippen LogP contribution in [0.2, 0.25) is 0 Å². The third-order valence-corrected chi connectivity index (χ3v) is 4.89. The summed E-state index contributed by atoms with van der Waals surface area (Å²) in [5.41, 5.74) is -0.628. The molecule has 1 heterocycles. The second kappa shape index (κ2) is 4.18. The molecule has 94 valence electrons. The first-order chi connectivity index (χ1) is 7.89. The summed E-state index contributed by atoms with van der Waals surface area (Å²) in [5.74, 6) is 0.623. The monoisotopic (exact) mass is 274 g/mol. The van der Waals surface area contributed by atoms with Crippen molar-refractivity contribution in [2.24, 2.45) is 0 Å². The highest BCUT2D eigenvalue weighted by Gasteiger charge is 2.50. The zero-order chi connectivity index (χ0) is 12.7. The molecule has 0 spiro atoms. The number of hydrogen-bond donors (Lipinski definition) is 0. The van der Waals surface area contributed by atoms with Gasteiger partial charge in [0.15, 0.2) is 0 Å². The molecule has 2 atom stereocenters. The summed E-state index contributed by atoms with van der Waals surface area (Å²) in [6.07, 6.45) is 1.59. The molecule has 1 aromatic carbocycles. The second-order valence-corrected chi connectivity index (χ2v) is 7.26. The molecule has 2 rings (SSSR count). The average molecular weight is 275 g/mol. The highest BCUT2D eigenvalue weighted by Crippen LogP contribution is 2.48. The zero-order valence-corrected chi connectivity index (χ0v) is 11.4. The van der Waals surface area contributed by atoms with E-state index in [9.17, 15) is 8.42 Å². The summed E-state index contributed by atoms with van der Waals surface area (Å²) >= 11 is 0. The van der Waals surface area contributed by atoms with E-state index < -0.39 is 19.9 Å². The van der Waals surface area contributed by atoms with Crippen molar-refractivity contribution in [2.45, 2.75) is 37.5 Å². The average Bonchev–Trinajstić information content (AvgIpc) is 2.53. The quantitative estimate of drug-likeness (QED) is 0.796. The molecule has 3 nitrogen and oxygen atoms in total. The lowest BCUT2D eigenvalue weighted by Crippen LogP contribution is -2.39. The van der Waals surface area contributed by atoms with Crippen LogP contribution in [-0.2, 0) is 14.5 Å². The molecule has 0 N–H and O–H groups in total. The molecule has 5 heteroatoms. The fraction of sp³-hybridized carbons (Fsp3) is 0.500. The van der Waals surface area contributed by atoms with E-state index in [4.69, 9.17) is 15.4 Å². The Morgan fingerprint density at radius 2 is 2.06 bits per heavy atom. The molecule has 1 aliphatic heterocycles. The normalized spacial score (nSPS) is 27.6. The van der Waals surface area contributed by atoms with Crippen LogP contribution in [0.3, 0.4) is 0 Å². The van der Waals surface area contributed by atoms with Gasteiger partial charge in [0, 0.05) is 21.7 Å². The Morgan fingerprint density at radius 3 is 2.65 bits per heavy atom. The topological polar surface area (TPSA) is 43.4 Å². The van der Waals surface area contributed by atoms with Gasteiger partial charge >= 0.3 is 0 Å². The third-order valence-electron chi connectivity index (χ3n) is 3.28. The van der Waals surface area contributed by atoms with Gasteiger partial charge < -0.3 is 4.74 Å². The lowest BCUT2D eigenvalue weighted by atomic mass is 9.80. The molecule has 1 aliphatic rings. The van der Waals surface area contributed by atoms with Gasteiger partial charge in [-0.05, 0) is 12.5 Å². The maximum absolute atomic E-state index is 11.6. The van der Waals surface area contributed by atoms with E-state index in [0.717, 1.165) is 18.4 Å². The Labute approximate surface area is 106 Å². The third kappa shape index (κ3) is 2.04. The van der Waals surface area contributed by atoms with Crippen LogP contribution in [0.5, 0.6) is 5.75 Å². The van der Waals surface area contributed by atoms with E-state index in [1.165, 1.54) is 0 Å². The van der Waals surface area contributed by atoms with E-state index in [-0.39, 0.29) is 0 Å². The molecule has 0 aliphatic carbocycles. The molecule has 0 fully saturated rings. The van der Waals surface area contributed by atoms with E-state index in [1.807, 2.05) is 32.0 Å². The number of hydrogen-bond acceptors (Lipinski definition) is 3. The Kier molecular flexibility index (Phi) is 3.12. The SMILES string of the molecule is CCCC1(C)c2ccccc2OC1S(=O)(=O)Cl. The Balaban J connectivity index is 2.55. The molecular formula is C12H15ClO3S. The van der Waals surface area contributed by atoms with Crippen molar-refractivity contribution in [3.63, 3.8) is 0 Å². The van der Waals surface area contributed by atoms with Gasteiger partial charge in [-0.25, -0.2) is 8.42 Å². The lowest BCUT2D eigenvalue weighted by Gasteiger charge is -2.27. The highest BCUT2D eigenvalue weighted by atomic mass is 35.7. The fourth-order valence-electron chi connectivity index (χ4n) is 2.55. The standard InChI is InChI=1S/C12H15ClO3S/c1-3-8-12(2)9-6-4-5-7-10(9)16-11(12)17(13,14)15/h4-7,11H,3,8H2,1-2H3. The minimum Gasteiger partial charge on any atom is -0.472 e. The lowest BCUT2D eigenvalue weighted by molar-refractivity contribution is 0.222. The van der Waals surface area contributed by atoms with E-state index in [2.05, 4.69) is 0 Å². The summed E-state index contributed by atoms with van der Waals surface area (Å²) < 4.78 is 28.8. The fourth-order valence-corrected chi connectivity index (χ4v) is 4.34. The predicted octanol–water partition coefficient (Wildman–Crippen LogP) is 3.03. The second-order valence-electron chi connectivity index (χ2n) is 4.59. The number of rotatable bonds is 3. The van der Waals surface area contributed by atoms with Crippen LogP contribution in [0.25, 0.3) is 0 Å². The number of ether oxygens (including phenoxy) is 1. The summed E-state index contributed by atoms with van der Waals surface area (Å²) in [5, 5.41) is 0. The summed E-state index contributed by atoms with van der Waals surface area (Å²) in [6, 6.07) is 7.41. The predicted molar refractivity (Wildman–Crippen MR) is 67.9 cm³/mol. The van der Waals surface area contributed by atoms with Crippen LogP contribution < -0.4 is 4.74 Å². The van der Waals surface area contributed by atoms with Crippen LogP contribution in [0.15, 0.2) is 24.3 Å². The van der Waals surface area contributed by atoms with Crippen molar-refractivity contribution >= 4 is 19.7 Å². The van der Waals surface area contributed by atoms with Crippen LogP contribution >= 0.6 is 10.7 Å². The van der Waals surface area contributed by atoms with Gasteiger partial charge in [-0.2, -0.15) is 0 Å². The molecule has 17 heavy (non-hydrogen) atoms. The van der Waals surface area contributed by atoms with E-state index in [1.54, 1.807) is 6.07 Å². The molecule has 0 radical (unpaired) electrons. The molecule has 1 aromatic rings. The Morgan fingerprint density at radius 1 is 1.41 bits per heavy atom. The molecule has 0 bridgehead atoms. The van der Waals surface area contributed by atoms with Crippen molar-refractivity contribution in [1.29, 1.82) is 0 Å². The van der Waals surface area contributed by atoms with Gasteiger partial charge in [-0.3, -0.25) is 0 Å². The van der Waals surface area contributed by atoms with Crippen molar-refractivity contribution in [3.8, 4) is 5.75 Å². The minimum absolute atomic E-state index is 0.564. The Hall–Kier alpha value is -0.740. The number of fused-ring (bicyclic) bond motifs is 1. The van der Waals surface area contributed by atoms with Gasteiger partial charge in [0.1, 0.15) is 5.75 Å².